The quantitative estimate of drug-likeness (QED) is 0.906. The first-order chi connectivity index (χ1) is 12.1. The molecule has 1 N–H and O–H groups in total. The van der Waals surface area contributed by atoms with Crippen LogP contribution in [0.15, 0.2) is 24.3 Å². The van der Waals surface area contributed by atoms with E-state index in [2.05, 4.69) is 53.2 Å². The highest BCUT2D eigenvalue weighted by molar-refractivity contribution is 5.75. The summed E-state index contributed by atoms with van der Waals surface area (Å²) in [6.07, 6.45) is 0. The molecule has 3 rings (SSSR count). The highest BCUT2D eigenvalue weighted by Gasteiger charge is 2.24. The van der Waals surface area contributed by atoms with Gasteiger partial charge in [0.2, 0.25) is 0 Å². The van der Waals surface area contributed by atoms with Gasteiger partial charge in [0.05, 0.1) is 24.6 Å². The summed E-state index contributed by atoms with van der Waals surface area (Å²) >= 11 is 0. The second-order valence-corrected chi connectivity index (χ2v) is 7.14. The number of hydrogen-bond acceptors (Lipinski definition) is 4. The predicted octanol–water partition coefficient (Wildman–Crippen LogP) is 2.01. The van der Waals surface area contributed by atoms with Crippen LogP contribution in [-0.4, -0.2) is 70.0 Å². The van der Waals surface area contributed by atoms with Crippen molar-refractivity contribution >= 4 is 17.4 Å². The summed E-state index contributed by atoms with van der Waals surface area (Å²) in [4.78, 5) is 19.0. The average molecular weight is 346 g/mol. The van der Waals surface area contributed by atoms with Crippen LogP contribution in [0.2, 0.25) is 0 Å². The number of urea groups is 1. The molecule has 2 fully saturated rings. The molecule has 6 nitrogen and oxygen atoms in total. The number of carbonyl (C=O) groups is 1. The van der Waals surface area contributed by atoms with Gasteiger partial charge in [0.1, 0.15) is 0 Å². The first-order valence-electron chi connectivity index (χ1n) is 9.34. The molecule has 0 radical (unpaired) electrons. The Hall–Kier alpha value is -1.95. The maximum atomic E-state index is 12.2. The van der Waals surface area contributed by atoms with Gasteiger partial charge in [-0.25, -0.2) is 4.79 Å². The van der Waals surface area contributed by atoms with Gasteiger partial charge in [-0.2, -0.15) is 0 Å². The molecular weight excluding hydrogens is 316 g/mol. The molecule has 1 aromatic carbocycles. The van der Waals surface area contributed by atoms with Gasteiger partial charge in [-0.3, -0.25) is 0 Å². The van der Waals surface area contributed by atoms with E-state index in [4.69, 9.17) is 4.74 Å². The third-order valence-corrected chi connectivity index (χ3v) is 4.80. The summed E-state index contributed by atoms with van der Waals surface area (Å²) in [6.45, 7) is 11.7. The monoisotopic (exact) mass is 346 g/mol. The average Bonchev–Trinajstić information content (AvgIpc) is 2.67. The van der Waals surface area contributed by atoms with Crippen molar-refractivity contribution in [2.24, 2.45) is 5.92 Å². The maximum absolute atomic E-state index is 12.2. The van der Waals surface area contributed by atoms with E-state index in [0.717, 1.165) is 59.0 Å². The highest BCUT2D eigenvalue weighted by atomic mass is 16.5. The summed E-state index contributed by atoms with van der Waals surface area (Å²) in [6, 6.07) is 8.65. The Morgan fingerprint density at radius 2 is 1.56 bits per heavy atom. The molecule has 2 aliphatic heterocycles. The second kappa shape index (κ2) is 8.43. The van der Waals surface area contributed by atoms with Gasteiger partial charge in [0, 0.05) is 45.8 Å². The molecule has 0 saturated carbocycles. The van der Waals surface area contributed by atoms with Crippen LogP contribution in [0.4, 0.5) is 16.2 Å². The second-order valence-electron chi connectivity index (χ2n) is 7.14. The molecule has 0 bridgehead atoms. The minimum absolute atomic E-state index is 0.0646. The van der Waals surface area contributed by atoms with E-state index in [1.165, 1.54) is 11.4 Å². The van der Waals surface area contributed by atoms with E-state index in [1.807, 2.05) is 4.90 Å². The van der Waals surface area contributed by atoms with Crippen LogP contribution >= 0.6 is 0 Å². The van der Waals surface area contributed by atoms with Gasteiger partial charge < -0.3 is 24.8 Å². The van der Waals surface area contributed by atoms with E-state index in [0.29, 0.717) is 5.92 Å². The van der Waals surface area contributed by atoms with Crippen LogP contribution in [0.1, 0.15) is 13.8 Å². The number of hydrogen-bond donors (Lipinski definition) is 1. The number of nitrogens with zero attached hydrogens (tertiary/aromatic N) is 3. The summed E-state index contributed by atoms with van der Waals surface area (Å²) in [5.74, 6) is 0.477. The van der Waals surface area contributed by atoms with Crippen LogP contribution in [-0.2, 0) is 4.74 Å². The molecule has 2 saturated heterocycles. The molecule has 1 aromatic rings. The number of morpholine rings is 1. The van der Waals surface area contributed by atoms with Crippen molar-refractivity contribution < 1.29 is 9.53 Å². The van der Waals surface area contributed by atoms with Crippen molar-refractivity contribution in [3.8, 4) is 0 Å². The van der Waals surface area contributed by atoms with Crippen LogP contribution in [0.5, 0.6) is 0 Å². The topological polar surface area (TPSA) is 48.1 Å². The Balaban J connectivity index is 1.60. The van der Waals surface area contributed by atoms with Crippen LogP contribution in [0.25, 0.3) is 0 Å². The number of piperazine rings is 1. The molecule has 0 spiro atoms. The van der Waals surface area contributed by atoms with E-state index in [-0.39, 0.29) is 6.03 Å². The Morgan fingerprint density at radius 3 is 2.12 bits per heavy atom. The molecule has 138 valence electrons. The van der Waals surface area contributed by atoms with E-state index < -0.39 is 0 Å². The fourth-order valence-electron chi connectivity index (χ4n) is 3.36. The first kappa shape index (κ1) is 17.9. The SMILES string of the molecule is CC(C)CNC(=O)N1CCN(c2ccccc2N2CCOCC2)CC1. The fraction of sp³-hybridized carbons (Fsp3) is 0.632. The molecule has 2 amide bonds. The Bertz CT molecular complexity index is 564. The summed E-state index contributed by atoms with van der Waals surface area (Å²) in [5, 5.41) is 3.02. The number of anilines is 2. The third-order valence-electron chi connectivity index (χ3n) is 4.80. The maximum Gasteiger partial charge on any atom is 0.317 e. The van der Waals surface area contributed by atoms with Gasteiger partial charge >= 0.3 is 6.03 Å². The molecule has 25 heavy (non-hydrogen) atoms. The van der Waals surface area contributed by atoms with Gasteiger partial charge in [-0.05, 0) is 18.1 Å². The van der Waals surface area contributed by atoms with Crippen molar-refractivity contribution in [1.82, 2.24) is 10.2 Å². The number of para-hydroxylation sites is 2. The smallest absolute Gasteiger partial charge is 0.317 e. The molecule has 0 aromatic heterocycles. The number of amides is 2. The summed E-state index contributed by atoms with van der Waals surface area (Å²) in [7, 11) is 0. The zero-order valence-electron chi connectivity index (χ0n) is 15.4. The van der Waals surface area contributed by atoms with Crippen LogP contribution in [0.3, 0.4) is 0 Å². The van der Waals surface area contributed by atoms with Crippen molar-refractivity contribution in [3.05, 3.63) is 24.3 Å². The number of rotatable bonds is 4. The Kier molecular flexibility index (Phi) is 6.02. The standard InChI is InChI=1S/C19H30N4O2/c1-16(2)15-20-19(24)23-9-7-21(8-10-23)17-5-3-4-6-18(17)22-11-13-25-14-12-22/h3-6,16H,7-15H2,1-2H3,(H,20,24). The minimum atomic E-state index is 0.0646. The molecule has 0 atom stereocenters. The lowest BCUT2D eigenvalue weighted by atomic mass is 10.2. The van der Waals surface area contributed by atoms with E-state index in [1.54, 1.807) is 0 Å². The summed E-state index contributed by atoms with van der Waals surface area (Å²) < 4.78 is 5.48. The molecule has 2 heterocycles. The molecule has 0 aliphatic carbocycles. The van der Waals surface area contributed by atoms with Crippen molar-refractivity contribution in [1.29, 1.82) is 0 Å². The number of nitrogens with one attached hydrogen (secondary N) is 1. The molecular formula is C19H30N4O2. The molecule has 0 unspecified atom stereocenters. The Labute approximate surface area is 150 Å². The number of ether oxygens (including phenoxy) is 1. The van der Waals surface area contributed by atoms with Gasteiger partial charge in [-0.15, -0.1) is 0 Å². The lowest BCUT2D eigenvalue weighted by Gasteiger charge is -2.39. The zero-order chi connectivity index (χ0) is 17.6. The lowest BCUT2D eigenvalue weighted by Crippen LogP contribution is -2.52. The zero-order valence-corrected chi connectivity index (χ0v) is 15.4. The van der Waals surface area contributed by atoms with E-state index >= 15 is 0 Å². The summed E-state index contributed by atoms with van der Waals surface area (Å²) in [5.41, 5.74) is 2.55. The molecule has 6 heteroatoms. The fourth-order valence-corrected chi connectivity index (χ4v) is 3.36. The van der Waals surface area contributed by atoms with Crippen LogP contribution in [0, 0.1) is 5.92 Å². The largest absolute Gasteiger partial charge is 0.378 e. The van der Waals surface area contributed by atoms with Gasteiger partial charge in [-0.1, -0.05) is 26.0 Å². The van der Waals surface area contributed by atoms with Crippen molar-refractivity contribution in [2.75, 3.05) is 68.8 Å². The van der Waals surface area contributed by atoms with Crippen molar-refractivity contribution in [2.45, 2.75) is 13.8 Å². The van der Waals surface area contributed by atoms with Crippen molar-refractivity contribution in [3.63, 3.8) is 0 Å². The third kappa shape index (κ3) is 4.57. The predicted molar refractivity (Wildman–Crippen MR) is 101 cm³/mol. The number of carbonyl (C=O) groups excluding carboxylic acids is 1. The lowest BCUT2D eigenvalue weighted by molar-refractivity contribution is 0.122. The van der Waals surface area contributed by atoms with Gasteiger partial charge in [0.25, 0.3) is 0 Å². The van der Waals surface area contributed by atoms with E-state index in [9.17, 15) is 4.79 Å². The normalized spacial score (nSPS) is 18.6. The minimum Gasteiger partial charge on any atom is -0.378 e. The van der Waals surface area contributed by atoms with Crippen LogP contribution < -0.4 is 15.1 Å². The van der Waals surface area contributed by atoms with Gasteiger partial charge in [0.15, 0.2) is 0 Å². The molecule has 2 aliphatic rings. The first-order valence-corrected chi connectivity index (χ1v) is 9.34. The highest BCUT2D eigenvalue weighted by Crippen LogP contribution is 2.30. The number of benzene rings is 1. The Morgan fingerprint density at radius 1 is 1.00 bits per heavy atom.